The number of hydrogen-bond acceptors (Lipinski definition) is 2. The molecule has 6 heteroatoms. The van der Waals surface area contributed by atoms with Crippen molar-refractivity contribution in [2.45, 2.75) is 45.2 Å². The maximum Gasteiger partial charge on any atom is 0.406 e. The van der Waals surface area contributed by atoms with E-state index < -0.39 is 25.0 Å². The molecule has 0 saturated heterocycles. The third kappa shape index (κ3) is 5.95. The van der Waals surface area contributed by atoms with Gasteiger partial charge in [-0.3, -0.25) is 4.79 Å². The van der Waals surface area contributed by atoms with Crippen molar-refractivity contribution in [3.8, 4) is 6.07 Å². The highest BCUT2D eigenvalue weighted by Crippen LogP contribution is 2.29. The first-order valence-electron chi connectivity index (χ1n) is 6.53. The summed E-state index contributed by atoms with van der Waals surface area (Å²) >= 11 is 0. The summed E-state index contributed by atoms with van der Waals surface area (Å²) in [6.45, 7) is 0.997. The van der Waals surface area contributed by atoms with E-state index in [4.69, 9.17) is 5.26 Å². The third-order valence-electron chi connectivity index (χ3n) is 3.57. The van der Waals surface area contributed by atoms with Crippen molar-refractivity contribution in [1.29, 1.82) is 5.26 Å². The van der Waals surface area contributed by atoms with Crippen LogP contribution in [0.15, 0.2) is 0 Å². The maximum atomic E-state index is 12.4. The summed E-state index contributed by atoms with van der Waals surface area (Å²) < 4.78 is 37.3. The Balaban J connectivity index is 2.58. The van der Waals surface area contributed by atoms with Crippen molar-refractivity contribution in [3.63, 3.8) is 0 Å². The molecule has 0 unspecified atom stereocenters. The Bertz CT molecular complexity index is 341. The summed E-state index contributed by atoms with van der Waals surface area (Å²) in [4.78, 5) is 12.4. The van der Waals surface area contributed by atoms with Crippen molar-refractivity contribution in [2.75, 3.05) is 13.1 Å². The number of alkyl halides is 3. The number of amides is 1. The summed E-state index contributed by atoms with van der Waals surface area (Å²) in [7, 11) is 0. The Kier molecular flexibility index (Phi) is 5.64. The normalized spacial score (nSPS) is 23.7. The monoisotopic (exact) mass is 276 g/mol. The SMILES string of the molecule is CC1CCC(CN(CC(F)(F)F)C(=O)CC#N)CC1. The van der Waals surface area contributed by atoms with Gasteiger partial charge in [-0.15, -0.1) is 0 Å². The standard InChI is InChI=1S/C13H19F3N2O/c1-10-2-4-11(5-3-10)8-18(9-13(14,15)16)12(19)6-7-17/h10-11H,2-6,8-9H2,1H3. The Morgan fingerprint density at radius 2 is 1.89 bits per heavy atom. The van der Waals surface area contributed by atoms with Crippen LogP contribution in [0.25, 0.3) is 0 Å². The van der Waals surface area contributed by atoms with Gasteiger partial charge in [-0.1, -0.05) is 19.8 Å². The Labute approximate surface area is 111 Å². The summed E-state index contributed by atoms with van der Waals surface area (Å²) in [5, 5.41) is 8.45. The van der Waals surface area contributed by atoms with Crippen LogP contribution in [-0.4, -0.2) is 30.1 Å². The number of rotatable bonds is 4. The average molecular weight is 276 g/mol. The molecule has 1 rings (SSSR count). The highest BCUT2D eigenvalue weighted by Gasteiger charge is 2.34. The molecule has 19 heavy (non-hydrogen) atoms. The van der Waals surface area contributed by atoms with E-state index in [2.05, 4.69) is 6.92 Å². The van der Waals surface area contributed by atoms with Crippen molar-refractivity contribution in [1.82, 2.24) is 4.90 Å². The van der Waals surface area contributed by atoms with Crippen LogP contribution in [0, 0.1) is 23.2 Å². The summed E-state index contributed by atoms with van der Waals surface area (Å²) in [5.41, 5.74) is 0. The largest absolute Gasteiger partial charge is 0.406 e. The first-order chi connectivity index (χ1) is 8.81. The van der Waals surface area contributed by atoms with E-state index in [-0.39, 0.29) is 12.5 Å². The molecule has 1 saturated carbocycles. The minimum absolute atomic E-state index is 0.118. The molecular weight excluding hydrogens is 257 g/mol. The van der Waals surface area contributed by atoms with Crippen LogP contribution in [0.4, 0.5) is 13.2 Å². The van der Waals surface area contributed by atoms with E-state index in [1.807, 2.05) is 0 Å². The first kappa shape index (κ1) is 15.8. The summed E-state index contributed by atoms with van der Waals surface area (Å²) in [5.74, 6) is 0.0155. The molecule has 1 aliphatic carbocycles. The van der Waals surface area contributed by atoms with E-state index in [1.54, 1.807) is 6.07 Å². The molecule has 0 spiro atoms. The summed E-state index contributed by atoms with van der Waals surface area (Å²) in [6, 6.07) is 1.62. The second kappa shape index (κ2) is 6.78. The third-order valence-corrected chi connectivity index (χ3v) is 3.57. The van der Waals surface area contributed by atoms with Gasteiger partial charge in [0.1, 0.15) is 13.0 Å². The molecular formula is C13H19F3N2O. The van der Waals surface area contributed by atoms with Gasteiger partial charge in [-0.05, 0) is 24.7 Å². The molecule has 1 aliphatic rings. The second-order valence-electron chi connectivity index (χ2n) is 5.35. The number of nitriles is 1. The first-order valence-corrected chi connectivity index (χ1v) is 6.53. The van der Waals surface area contributed by atoms with Gasteiger partial charge in [0.25, 0.3) is 0 Å². The van der Waals surface area contributed by atoms with Crippen LogP contribution >= 0.6 is 0 Å². The van der Waals surface area contributed by atoms with Gasteiger partial charge < -0.3 is 4.90 Å². The van der Waals surface area contributed by atoms with Crippen LogP contribution in [0.1, 0.15) is 39.0 Å². The molecule has 0 aromatic heterocycles. The fourth-order valence-corrected chi connectivity index (χ4v) is 2.47. The van der Waals surface area contributed by atoms with Crippen LogP contribution in [0.2, 0.25) is 0 Å². The molecule has 0 radical (unpaired) electrons. The van der Waals surface area contributed by atoms with Crippen LogP contribution in [-0.2, 0) is 4.79 Å². The van der Waals surface area contributed by atoms with Gasteiger partial charge in [0.15, 0.2) is 0 Å². The molecule has 0 aliphatic heterocycles. The molecule has 3 nitrogen and oxygen atoms in total. The Hall–Kier alpha value is -1.25. The minimum Gasteiger partial charge on any atom is -0.332 e. The predicted octanol–water partition coefficient (Wildman–Crippen LogP) is 3.12. The van der Waals surface area contributed by atoms with Gasteiger partial charge in [-0.2, -0.15) is 18.4 Å². The van der Waals surface area contributed by atoms with Crippen LogP contribution in [0.5, 0.6) is 0 Å². The highest BCUT2D eigenvalue weighted by molar-refractivity contribution is 5.78. The van der Waals surface area contributed by atoms with E-state index >= 15 is 0 Å². The molecule has 0 atom stereocenters. The molecule has 108 valence electrons. The molecule has 0 aromatic rings. The highest BCUT2D eigenvalue weighted by atomic mass is 19.4. The van der Waals surface area contributed by atoms with E-state index in [0.29, 0.717) is 5.92 Å². The quantitative estimate of drug-likeness (QED) is 0.792. The lowest BCUT2D eigenvalue weighted by Gasteiger charge is -2.31. The van der Waals surface area contributed by atoms with E-state index in [1.165, 1.54) is 0 Å². The van der Waals surface area contributed by atoms with E-state index in [9.17, 15) is 18.0 Å². The smallest absolute Gasteiger partial charge is 0.332 e. The molecule has 0 bridgehead atoms. The van der Waals surface area contributed by atoms with Crippen molar-refractivity contribution in [3.05, 3.63) is 0 Å². The number of hydrogen-bond donors (Lipinski definition) is 0. The maximum absolute atomic E-state index is 12.4. The van der Waals surface area contributed by atoms with Gasteiger partial charge in [0, 0.05) is 6.54 Å². The van der Waals surface area contributed by atoms with Crippen molar-refractivity contribution < 1.29 is 18.0 Å². The van der Waals surface area contributed by atoms with Gasteiger partial charge >= 0.3 is 6.18 Å². The Morgan fingerprint density at radius 3 is 2.37 bits per heavy atom. The second-order valence-corrected chi connectivity index (χ2v) is 5.35. The van der Waals surface area contributed by atoms with Gasteiger partial charge in [0.2, 0.25) is 5.91 Å². The molecule has 0 N–H and O–H groups in total. The lowest BCUT2D eigenvalue weighted by atomic mass is 9.83. The number of nitrogens with zero attached hydrogens (tertiary/aromatic N) is 2. The van der Waals surface area contributed by atoms with Crippen LogP contribution in [0.3, 0.4) is 0 Å². The molecule has 1 fully saturated rings. The molecule has 1 amide bonds. The topological polar surface area (TPSA) is 44.1 Å². The zero-order valence-electron chi connectivity index (χ0n) is 11.0. The Morgan fingerprint density at radius 1 is 1.32 bits per heavy atom. The zero-order chi connectivity index (χ0) is 14.5. The van der Waals surface area contributed by atoms with Gasteiger partial charge in [-0.25, -0.2) is 0 Å². The number of carbonyl (C=O) groups is 1. The predicted molar refractivity (Wildman–Crippen MR) is 64.0 cm³/mol. The summed E-state index contributed by atoms with van der Waals surface area (Å²) in [6.07, 6.45) is -1.19. The van der Waals surface area contributed by atoms with Crippen LogP contribution < -0.4 is 0 Å². The van der Waals surface area contributed by atoms with E-state index in [0.717, 1.165) is 30.6 Å². The van der Waals surface area contributed by atoms with Crippen molar-refractivity contribution >= 4 is 5.91 Å². The zero-order valence-corrected chi connectivity index (χ0v) is 11.0. The van der Waals surface area contributed by atoms with Gasteiger partial charge in [0.05, 0.1) is 6.07 Å². The lowest BCUT2D eigenvalue weighted by molar-refractivity contribution is -0.162. The fourth-order valence-electron chi connectivity index (χ4n) is 2.47. The number of carbonyl (C=O) groups excluding carboxylic acids is 1. The average Bonchev–Trinajstić information content (AvgIpc) is 2.30. The lowest BCUT2D eigenvalue weighted by Crippen LogP contribution is -2.42. The molecule has 0 aromatic carbocycles. The minimum atomic E-state index is -4.41. The number of halogens is 3. The fraction of sp³-hybridized carbons (Fsp3) is 0.846. The molecule has 0 heterocycles. The van der Waals surface area contributed by atoms with Crippen molar-refractivity contribution in [2.24, 2.45) is 11.8 Å².